The topological polar surface area (TPSA) is 69.7 Å². The fourth-order valence-corrected chi connectivity index (χ4v) is 5.25. The van der Waals surface area contributed by atoms with Gasteiger partial charge in [0.15, 0.2) is 0 Å². The van der Waals surface area contributed by atoms with E-state index in [0.29, 0.717) is 44.3 Å². The molecule has 1 saturated carbocycles. The first-order valence-corrected chi connectivity index (χ1v) is 13.4. The summed E-state index contributed by atoms with van der Waals surface area (Å²) in [4.78, 5) is 42.9. The molecule has 2 aromatic carbocycles. The highest BCUT2D eigenvalue weighted by Crippen LogP contribution is 2.40. The predicted molar refractivity (Wildman–Crippen MR) is 142 cm³/mol. The molecule has 2 fully saturated rings. The van der Waals surface area contributed by atoms with E-state index in [1.54, 1.807) is 6.07 Å². The van der Waals surface area contributed by atoms with E-state index in [9.17, 15) is 18.8 Å². The van der Waals surface area contributed by atoms with Crippen LogP contribution >= 0.6 is 9.24 Å². The minimum atomic E-state index is -0.320. The third-order valence-electron chi connectivity index (χ3n) is 7.31. The van der Waals surface area contributed by atoms with Crippen molar-refractivity contribution in [2.75, 3.05) is 31.1 Å². The zero-order valence-electron chi connectivity index (χ0n) is 20.8. The van der Waals surface area contributed by atoms with Crippen LogP contribution in [0.1, 0.15) is 38.2 Å². The van der Waals surface area contributed by atoms with E-state index >= 15 is 0 Å². The molecule has 1 aliphatic carbocycles. The van der Waals surface area contributed by atoms with Gasteiger partial charge in [-0.25, -0.2) is 4.39 Å². The van der Waals surface area contributed by atoms with Gasteiger partial charge >= 0.3 is 0 Å². The van der Waals surface area contributed by atoms with Crippen LogP contribution < -0.4 is 15.5 Å². The molecule has 1 saturated heterocycles. The highest BCUT2D eigenvalue weighted by atomic mass is 31.0. The Labute approximate surface area is 214 Å². The fourth-order valence-electron chi connectivity index (χ4n) is 4.99. The van der Waals surface area contributed by atoms with Gasteiger partial charge in [-0.1, -0.05) is 37.3 Å². The standard InChI is InChI=1S/C28H35FN3O3P/c1-2-20(28(35)32-14-12-31(13-15-32)22-10-11-24(29)25(36)18-22)17-23(21-8-9-21)27(34)30-26(33)16-19-6-4-3-5-7-19/h3-7,10-11,18,20-21,23H,2,8-9,12-17,36H2,1H3,(H,30,33,34)/t20-,23?/m1/s1. The summed E-state index contributed by atoms with van der Waals surface area (Å²) in [6, 6.07) is 14.4. The van der Waals surface area contributed by atoms with Crippen LogP contribution in [0.3, 0.4) is 0 Å². The van der Waals surface area contributed by atoms with E-state index < -0.39 is 0 Å². The van der Waals surface area contributed by atoms with Crippen LogP contribution in [0.2, 0.25) is 0 Å². The molecule has 4 rings (SSSR count). The minimum Gasteiger partial charge on any atom is -0.368 e. The van der Waals surface area contributed by atoms with Crippen LogP contribution in [-0.4, -0.2) is 48.8 Å². The van der Waals surface area contributed by atoms with Crippen molar-refractivity contribution in [1.82, 2.24) is 10.2 Å². The van der Waals surface area contributed by atoms with Crippen LogP contribution in [-0.2, 0) is 20.8 Å². The zero-order valence-corrected chi connectivity index (χ0v) is 21.9. The maximum absolute atomic E-state index is 13.6. The monoisotopic (exact) mass is 511 g/mol. The van der Waals surface area contributed by atoms with E-state index in [1.807, 2.05) is 48.2 Å². The first kappa shape index (κ1) is 26.3. The van der Waals surface area contributed by atoms with Gasteiger partial charge in [0, 0.05) is 49.0 Å². The summed E-state index contributed by atoms with van der Waals surface area (Å²) in [6.45, 7) is 4.53. The van der Waals surface area contributed by atoms with Gasteiger partial charge in [-0.2, -0.15) is 0 Å². The summed E-state index contributed by atoms with van der Waals surface area (Å²) < 4.78 is 13.6. The summed E-state index contributed by atoms with van der Waals surface area (Å²) in [5, 5.41) is 3.12. The van der Waals surface area contributed by atoms with Gasteiger partial charge in [0.2, 0.25) is 17.7 Å². The number of carbonyl (C=O) groups is 3. The number of hydrogen-bond acceptors (Lipinski definition) is 4. The fraction of sp³-hybridized carbons (Fsp3) is 0.464. The normalized spacial score (nSPS) is 17.4. The van der Waals surface area contributed by atoms with Crippen LogP contribution in [0.15, 0.2) is 48.5 Å². The van der Waals surface area contributed by atoms with Crippen LogP contribution in [0.5, 0.6) is 0 Å². The van der Waals surface area contributed by atoms with Crippen molar-refractivity contribution in [1.29, 1.82) is 0 Å². The number of piperazine rings is 1. The van der Waals surface area contributed by atoms with E-state index in [-0.39, 0.29) is 47.7 Å². The first-order chi connectivity index (χ1) is 17.4. The second-order valence-corrected chi connectivity index (χ2v) is 10.5. The number of anilines is 1. The number of amides is 3. The van der Waals surface area contributed by atoms with Crippen LogP contribution in [0, 0.1) is 23.6 Å². The predicted octanol–water partition coefficient (Wildman–Crippen LogP) is 3.30. The Morgan fingerprint density at radius 3 is 2.36 bits per heavy atom. The van der Waals surface area contributed by atoms with Crippen molar-refractivity contribution in [3.63, 3.8) is 0 Å². The Bertz CT molecular complexity index is 1080. The smallest absolute Gasteiger partial charge is 0.230 e. The van der Waals surface area contributed by atoms with Gasteiger partial charge in [-0.15, -0.1) is 9.24 Å². The molecule has 3 amide bonds. The largest absolute Gasteiger partial charge is 0.368 e. The highest BCUT2D eigenvalue weighted by Gasteiger charge is 2.40. The van der Waals surface area contributed by atoms with Gasteiger partial charge in [-0.05, 0) is 55.4 Å². The van der Waals surface area contributed by atoms with E-state index in [4.69, 9.17) is 0 Å². The first-order valence-electron chi connectivity index (χ1n) is 12.8. The molecule has 8 heteroatoms. The van der Waals surface area contributed by atoms with Gasteiger partial charge in [0.1, 0.15) is 5.82 Å². The lowest BCUT2D eigenvalue weighted by molar-refractivity contribution is -0.137. The SMILES string of the molecule is CC[C@H](CC(C(=O)NC(=O)Cc1ccccc1)C1CC1)C(=O)N1CCN(c2ccc(F)c(P)c2)CC1. The highest BCUT2D eigenvalue weighted by molar-refractivity contribution is 7.27. The Morgan fingerprint density at radius 2 is 1.75 bits per heavy atom. The van der Waals surface area contributed by atoms with Gasteiger partial charge in [0.25, 0.3) is 0 Å². The summed E-state index contributed by atoms with van der Waals surface area (Å²) in [5.41, 5.74) is 1.81. The second-order valence-electron chi connectivity index (χ2n) is 9.88. The number of nitrogens with one attached hydrogen (secondary N) is 1. The van der Waals surface area contributed by atoms with Crippen molar-refractivity contribution in [2.45, 2.75) is 39.0 Å². The summed E-state index contributed by atoms with van der Waals surface area (Å²) in [7, 11) is 2.41. The lowest BCUT2D eigenvalue weighted by atomic mass is 9.87. The molecule has 2 aliphatic rings. The van der Waals surface area contributed by atoms with Crippen molar-refractivity contribution >= 4 is 38.0 Å². The quantitative estimate of drug-likeness (QED) is 0.525. The summed E-state index contributed by atoms with van der Waals surface area (Å²) in [5.74, 6) is -1.05. The van der Waals surface area contributed by atoms with Crippen molar-refractivity contribution < 1.29 is 18.8 Å². The molecule has 36 heavy (non-hydrogen) atoms. The summed E-state index contributed by atoms with van der Waals surface area (Å²) in [6.07, 6.45) is 3.21. The van der Waals surface area contributed by atoms with Gasteiger partial charge in [0.05, 0.1) is 6.42 Å². The molecule has 0 spiro atoms. The average Bonchev–Trinajstić information content (AvgIpc) is 3.72. The molecule has 3 atom stereocenters. The maximum atomic E-state index is 13.6. The molecule has 2 unspecified atom stereocenters. The van der Waals surface area contributed by atoms with E-state index in [0.717, 1.165) is 24.1 Å². The molecule has 1 N–H and O–H groups in total. The van der Waals surface area contributed by atoms with Crippen molar-refractivity contribution in [3.8, 4) is 0 Å². The number of benzene rings is 2. The molecule has 1 aliphatic heterocycles. The zero-order chi connectivity index (χ0) is 25.7. The molecule has 6 nitrogen and oxygen atoms in total. The van der Waals surface area contributed by atoms with Gasteiger partial charge in [-0.3, -0.25) is 19.7 Å². The lowest BCUT2D eigenvalue weighted by Crippen LogP contribution is -2.51. The second kappa shape index (κ2) is 12.0. The molecule has 0 aromatic heterocycles. The molecule has 2 aromatic rings. The molecular weight excluding hydrogens is 476 g/mol. The van der Waals surface area contributed by atoms with Crippen LogP contribution in [0.25, 0.3) is 0 Å². The molecule has 192 valence electrons. The molecule has 0 radical (unpaired) electrons. The lowest BCUT2D eigenvalue weighted by Gasteiger charge is -2.38. The number of carbonyl (C=O) groups excluding carboxylic acids is 3. The number of imide groups is 1. The van der Waals surface area contributed by atoms with Crippen LogP contribution in [0.4, 0.5) is 10.1 Å². The maximum Gasteiger partial charge on any atom is 0.230 e. The third kappa shape index (κ3) is 6.70. The van der Waals surface area contributed by atoms with Crippen molar-refractivity contribution in [2.24, 2.45) is 17.8 Å². The van der Waals surface area contributed by atoms with Gasteiger partial charge < -0.3 is 9.80 Å². The number of nitrogens with zero attached hydrogens (tertiary/aromatic N) is 2. The van der Waals surface area contributed by atoms with E-state index in [1.165, 1.54) is 6.07 Å². The van der Waals surface area contributed by atoms with Crippen molar-refractivity contribution in [3.05, 3.63) is 59.9 Å². The Hall–Kier alpha value is -2.79. The summed E-state index contributed by atoms with van der Waals surface area (Å²) >= 11 is 0. The number of rotatable bonds is 9. The third-order valence-corrected chi connectivity index (χ3v) is 7.76. The average molecular weight is 512 g/mol. The van der Waals surface area contributed by atoms with E-state index in [2.05, 4.69) is 19.5 Å². The number of halogens is 1. The Balaban J connectivity index is 1.32. The Morgan fingerprint density at radius 1 is 1.06 bits per heavy atom. The molecule has 1 heterocycles. The molecule has 0 bridgehead atoms. The minimum absolute atomic E-state index is 0.0806. The molecular formula is C28H35FN3O3P. The Kier molecular flexibility index (Phi) is 8.73. The number of hydrogen-bond donors (Lipinski definition) is 1.